The number of anilines is 2. The molecule has 0 aliphatic carbocycles. The van der Waals surface area contributed by atoms with Crippen LogP contribution >= 0.6 is 0 Å². The first kappa shape index (κ1) is 18.7. The second-order valence-electron chi connectivity index (χ2n) is 7.17. The van der Waals surface area contributed by atoms with Crippen LogP contribution in [-0.4, -0.2) is 17.9 Å². The van der Waals surface area contributed by atoms with Crippen molar-refractivity contribution in [2.24, 2.45) is 0 Å². The van der Waals surface area contributed by atoms with Crippen LogP contribution in [0.3, 0.4) is 0 Å². The minimum absolute atomic E-state index is 0.107. The van der Waals surface area contributed by atoms with Crippen molar-refractivity contribution < 1.29 is 14.3 Å². The van der Waals surface area contributed by atoms with Crippen LogP contribution in [0.1, 0.15) is 28.4 Å². The summed E-state index contributed by atoms with van der Waals surface area (Å²) in [4.78, 5) is 27.0. The van der Waals surface area contributed by atoms with E-state index in [0.717, 1.165) is 5.56 Å². The first-order valence-electron chi connectivity index (χ1n) is 9.55. The fourth-order valence-corrected chi connectivity index (χ4v) is 3.32. The third-order valence-corrected chi connectivity index (χ3v) is 4.92. The molecule has 3 aromatic rings. The summed E-state index contributed by atoms with van der Waals surface area (Å²) in [7, 11) is 0. The predicted octanol–water partition coefficient (Wildman–Crippen LogP) is 4.56. The molecule has 1 aliphatic heterocycles. The second kappa shape index (κ2) is 7.80. The third-order valence-electron chi connectivity index (χ3n) is 4.92. The number of hydrogen-bond acceptors (Lipinski definition) is 3. The van der Waals surface area contributed by atoms with Gasteiger partial charge in [0.2, 0.25) is 0 Å². The van der Waals surface area contributed by atoms with E-state index in [1.807, 2.05) is 49.4 Å². The zero-order chi connectivity index (χ0) is 20.4. The fraction of sp³-hybridized carbons (Fsp3) is 0.167. The first-order valence-corrected chi connectivity index (χ1v) is 9.55. The van der Waals surface area contributed by atoms with Crippen LogP contribution < -0.4 is 15.0 Å². The number of nitrogens with one attached hydrogen (secondary N) is 1. The Balaban J connectivity index is 1.63. The van der Waals surface area contributed by atoms with Gasteiger partial charge in [0.1, 0.15) is 5.75 Å². The van der Waals surface area contributed by atoms with Crippen molar-refractivity contribution >= 4 is 23.2 Å². The zero-order valence-corrected chi connectivity index (χ0v) is 16.4. The van der Waals surface area contributed by atoms with Crippen molar-refractivity contribution in [2.75, 3.05) is 10.2 Å². The summed E-state index contributed by atoms with van der Waals surface area (Å²) in [5.41, 5.74) is 4.03. The lowest BCUT2D eigenvalue weighted by atomic mass is 10.1. The average molecular weight is 386 g/mol. The summed E-state index contributed by atoms with van der Waals surface area (Å²) in [6.07, 6.45) is -0.558. The fourth-order valence-electron chi connectivity index (χ4n) is 3.32. The molecule has 2 amide bonds. The quantitative estimate of drug-likeness (QED) is 0.715. The molecule has 4 rings (SSSR count). The van der Waals surface area contributed by atoms with Gasteiger partial charge in [0.25, 0.3) is 11.8 Å². The van der Waals surface area contributed by atoms with E-state index in [2.05, 4.69) is 5.32 Å². The van der Waals surface area contributed by atoms with Crippen molar-refractivity contribution in [3.63, 3.8) is 0 Å². The highest BCUT2D eigenvalue weighted by molar-refractivity contribution is 6.05. The summed E-state index contributed by atoms with van der Waals surface area (Å²) in [6, 6.07) is 22.5. The molecule has 29 heavy (non-hydrogen) atoms. The summed E-state index contributed by atoms with van der Waals surface area (Å²) in [5, 5.41) is 2.89. The van der Waals surface area contributed by atoms with Crippen molar-refractivity contribution in [2.45, 2.75) is 26.5 Å². The van der Waals surface area contributed by atoms with E-state index < -0.39 is 6.10 Å². The number of carbonyl (C=O) groups is 2. The molecule has 1 unspecified atom stereocenters. The highest BCUT2D eigenvalue weighted by Crippen LogP contribution is 2.37. The Labute approximate surface area is 169 Å². The van der Waals surface area contributed by atoms with Crippen LogP contribution in [0.4, 0.5) is 11.4 Å². The van der Waals surface area contributed by atoms with Crippen LogP contribution in [0.2, 0.25) is 0 Å². The summed E-state index contributed by atoms with van der Waals surface area (Å²) in [5.74, 6) is 0.318. The number of rotatable bonds is 4. The molecule has 0 bridgehead atoms. The lowest BCUT2D eigenvalue weighted by Crippen LogP contribution is -2.44. The van der Waals surface area contributed by atoms with Gasteiger partial charge in [-0.1, -0.05) is 48.0 Å². The molecule has 0 saturated carbocycles. The van der Waals surface area contributed by atoms with Crippen molar-refractivity contribution in [1.29, 1.82) is 0 Å². The van der Waals surface area contributed by atoms with Gasteiger partial charge < -0.3 is 15.0 Å². The average Bonchev–Trinajstić information content (AvgIpc) is 2.74. The van der Waals surface area contributed by atoms with E-state index in [0.29, 0.717) is 29.2 Å². The summed E-state index contributed by atoms with van der Waals surface area (Å²) >= 11 is 0. The largest absolute Gasteiger partial charge is 0.479 e. The second-order valence-corrected chi connectivity index (χ2v) is 7.17. The topological polar surface area (TPSA) is 58.6 Å². The maximum atomic E-state index is 12.8. The van der Waals surface area contributed by atoms with Gasteiger partial charge in [-0.15, -0.1) is 0 Å². The molecule has 0 radical (unpaired) electrons. The maximum Gasteiger partial charge on any atom is 0.268 e. The molecule has 5 nitrogen and oxygen atoms in total. The Morgan fingerprint density at radius 3 is 2.48 bits per heavy atom. The Kier molecular flexibility index (Phi) is 5.04. The standard InChI is InChI=1S/C24H22N2O3/c1-16-8-10-18(11-9-16)15-26-21-14-20(12-13-22(21)29-17(2)24(26)28)25-23(27)19-6-4-3-5-7-19/h3-14,17H,15H2,1-2H3,(H,25,27). The van der Waals surface area contributed by atoms with Gasteiger partial charge in [0, 0.05) is 11.3 Å². The Morgan fingerprint density at radius 1 is 1.03 bits per heavy atom. The summed E-state index contributed by atoms with van der Waals surface area (Å²) < 4.78 is 5.77. The number of benzene rings is 3. The predicted molar refractivity (Wildman–Crippen MR) is 113 cm³/mol. The number of aryl methyl sites for hydroxylation is 1. The molecule has 1 atom stereocenters. The SMILES string of the molecule is Cc1ccc(CN2C(=O)C(C)Oc3ccc(NC(=O)c4ccccc4)cc32)cc1. The monoisotopic (exact) mass is 386 g/mol. The Morgan fingerprint density at radius 2 is 1.76 bits per heavy atom. The van der Waals surface area contributed by atoms with Gasteiger partial charge in [-0.25, -0.2) is 0 Å². The molecule has 0 aromatic heterocycles. The van der Waals surface area contributed by atoms with Crippen molar-refractivity contribution in [3.05, 3.63) is 89.5 Å². The number of nitrogens with zero attached hydrogens (tertiary/aromatic N) is 1. The van der Waals surface area contributed by atoms with Crippen LogP contribution in [0.15, 0.2) is 72.8 Å². The van der Waals surface area contributed by atoms with Crippen LogP contribution in [0, 0.1) is 6.92 Å². The van der Waals surface area contributed by atoms with Crippen molar-refractivity contribution in [1.82, 2.24) is 0 Å². The lowest BCUT2D eigenvalue weighted by molar-refractivity contribution is -0.125. The molecule has 5 heteroatoms. The minimum atomic E-state index is -0.558. The lowest BCUT2D eigenvalue weighted by Gasteiger charge is -2.33. The third kappa shape index (κ3) is 3.99. The number of ether oxygens (including phenoxy) is 1. The normalized spacial score (nSPS) is 15.4. The minimum Gasteiger partial charge on any atom is -0.479 e. The van der Waals surface area contributed by atoms with E-state index >= 15 is 0 Å². The number of amides is 2. The van der Waals surface area contributed by atoms with E-state index in [-0.39, 0.29) is 11.8 Å². The summed E-state index contributed by atoms with van der Waals surface area (Å²) in [6.45, 7) is 4.22. The first-order chi connectivity index (χ1) is 14.0. The number of carbonyl (C=O) groups excluding carboxylic acids is 2. The van der Waals surface area contributed by atoms with Crippen molar-refractivity contribution in [3.8, 4) is 5.75 Å². The molecular weight excluding hydrogens is 364 g/mol. The van der Waals surface area contributed by atoms with E-state index in [1.165, 1.54) is 5.56 Å². The molecule has 0 fully saturated rings. The zero-order valence-electron chi connectivity index (χ0n) is 16.4. The highest BCUT2D eigenvalue weighted by Gasteiger charge is 2.31. The Bertz CT molecular complexity index is 1050. The molecule has 1 aliphatic rings. The van der Waals surface area contributed by atoms with Crippen LogP contribution in [0.25, 0.3) is 0 Å². The van der Waals surface area contributed by atoms with E-state index in [4.69, 9.17) is 4.74 Å². The van der Waals surface area contributed by atoms with E-state index in [1.54, 1.807) is 42.2 Å². The van der Waals surface area contributed by atoms with Gasteiger partial charge >= 0.3 is 0 Å². The number of fused-ring (bicyclic) bond motifs is 1. The van der Waals surface area contributed by atoms with Gasteiger partial charge in [-0.05, 0) is 49.7 Å². The van der Waals surface area contributed by atoms with Gasteiger partial charge in [0.15, 0.2) is 6.10 Å². The molecular formula is C24H22N2O3. The van der Waals surface area contributed by atoms with Crippen LogP contribution in [0.5, 0.6) is 5.75 Å². The molecule has 1 N–H and O–H groups in total. The highest BCUT2D eigenvalue weighted by atomic mass is 16.5. The van der Waals surface area contributed by atoms with Gasteiger partial charge in [0.05, 0.1) is 12.2 Å². The molecule has 0 saturated heterocycles. The van der Waals surface area contributed by atoms with Gasteiger partial charge in [-0.3, -0.25) is 9.59 Å². The molecule has 146 valence electrons. The Hall–Kier alpha value is -3.60. The van der Waals surface area contributed by atoms with E-state index in [9.17, 15) is 9.59 Å². The molecule has 1 heterocycles. The maximum absolute atomic E-state index is 12.8. The number of hydrogen-bond donors (Lipinski definition) is 1. The van der Waals surface area contributed by atoms with Gasteiger partial charge in [-0.2, -0.15) is 0 Å². The van der Waals surface area contributed by atoms with Crippen LogP contribution in [-0.2, 0) is 11.3 Å². The smallest absolute Gasteiger partial charge is 0.268 e. The molecule has 0 spiro atoms. The molecule has 3 aromatic carbocycles.